The Bertz CT molecular complexity index is 409. The van der Waals surface area contributed by atoms with Crippen LogP contribution in [0.3, 0.4) is 0 Å². The van der Waals surface area contributed by atoms with E-state index in [2.05, 4.69) is 17.4 Å². The summed E-state index contributed by atoms with van der Waals surface area (Å²) in [6.45, 7) is 3.24. The maximum Gasteiger partial charge on any atom is 0.0700 e. The highest BCUT2D eigenvalue weighted by Crippen LogP contribution is 2.32. The summed E-state index contributed by atoms with van der Waals surface area (Å²) in [7, 11) is 1.69. The molecule has 0 fully saturated rings. The second kappa shape index (κ2) is 8.25. The van der Waals surface area contributed by atoms with E-state index in [0.717, 1.165) is 38.1 Å². The fraction of sp³-hybridized carbons (Fsp3) is 0.625. The van der Waals surface area contributed by atoms with Gasteiger partial charge in [0.2, 0.25) is 0 Å². The minimum Gasteiger partial charge on any atom is -0.399 e. The molecule has 0 aliphatic heterocycles. The van der Waals surface area contributed by atoms with E-state index in [4.69, 9.17) is 15.2 Å². The van der Waals surface area contributed by atoms with Gasteiger partial charge in [0.25, 0.3) is 0 Å². The van der Waals surface area contributed by atoms with Crippen molar-refractivity contribution in [3.8, 4) is 0 Å². The predicted octanol–water partition coefficient (Wildman–Crippen LogP) is 2.29. The maximum atomic E-state index is 5.82. The number of nitrogens with one attached hydrogen (secondary N) is 1. The Morgan fingerprint density at radius 3 is 3.00 bits per heavy atom. The number of nitrogens with two attached hydrogens (primary N) is 1. The van der Waals surface area contributed by atoms with E-state index >= 15 is 0 Å². The van der Waals surface area contributed by atoms with E-state index in [1.165, 1.54) is 17.5 Å². The van der Waals surface area contributed by atoms with Gasteiger partial charge in [-0.05, 0) is 55.5 Å². The molecule has 1 aliphatic carbocycles. The number of nitrogen functional groups attached to an aromatic ring is 1. The van der Waals surface area contributed by atoms with E-state index < -0.39 is 0 Å². The molecule has 1 aromatic rings. The second-order valence-corrected chi connectivity index (χ2v) is 5.32. The number of ether oxygens (including phenoxy) is 2. The van der Waals surface area contributed by atoms with Crippen LogP contribution < -0.4 is 11.1 Å². The van der Waals surface area contributed by atoms with Crippen molar-refractivity contribution in [3.05, 3.63) is 29.3 Å². The Kier molecular flexibility index (Phi) is 6.30. The topological polar surface area (TPSA) is 56.5 Å². The van der Waals surface area contributed by atoms with Crippen LogP contribution >= 0.6 is 0 Å². The molecule has 1 unspecified atom stereocenters. The minimum atomic E-state index is 0.500. The van der Waals surface area contributed by atoms with Crippen molar-refractivity contribution in [2.75, 3.05) is 39.2 Å². The van der Waals surface area contributed by atoms with E-state index in [-0.39, 0.29) is 0 Å². The Morgan fingerprint density at radius 1 is 1.25 bits per heavy atom. The Labute approximate surface area is 121 Å². The summed E-state index contributed by atoms with van der Waals surface area (Å²) in [6, 6.07) is 6.78. The van der Waals surface area contributed by atoms with Gasteiger partial charge < -0.3 is 20.5 Å². The molecule has 0 amide bonds. The van der Waals surface area contributed by atoms with Crippen LogP contribution in [0.4, 0.5) is 5.69 Å². The number of unbranched alkanes of at least 4 members (excludes halogenated alkanes) is 1. The molecule has 4 nitrogen and oxygen atoms in total. The first-order valence-electron chi connectivity index (χ1n) is 7.49. The van der Waals surface area contributed by atoms with Crippen molar-refractivity contribution in [1.29, 1.82) is 0 Å². The van der Waals surface area contributed by atoms with Crippen LogP contribution in [-0.4, -0.2) is 33.5 Å². The average Bonchev–Trinajstić information content (AvgIpc) is 2.84. The number of anilines is 1. The lowest BCUT2D eigenvalue weighted by atomic mass is 10.1. The van der Waals surface area contributed by atoms with Crippen LogP contribution in [0.5, 0.6) is 0 Å². The lowest BCUT2D eigenvalue weighted by Crippen LogP contribution is -2.20. The van der Waals surface area contributed by atoms with Crippen LogP contribution in [0.25, 0.3) is 0 Å². The summed E-state index contributed by atoms with van der Waals surface area (Å²) in [6.07, 6.45) is 4.56. The van der Waals surface area contributed by atoms with Gasteiger partial charge in [0.05, 0.1) is 13.2 Å². The smallest absolute Gasteiger partial charge is 0.0700 e. The molecule has 1 atom stereocenters. The fourth-order valence-corrected chi connectivity index (χ4v) is 2.70. The van der Waals surface area contributed by atoms with Crippen molar-refractivity contribution < 1.29 is 9.47 Å². The number of hydrogen-bond donors (Lipinski definition) is 2. The summed E-state index contributed by atoms with van der Waals surface area (Å²) < 4.78 is 10.4. The number of aryl methyl sites for hydroxylation is 1. The molecule has 112 valence electrons. The Morgan fingerprint density at radius 2 is 2.15 bits per heavy atom. The van der Waals surface area contributed by atoms with Gasteiger partial charge in [0.1, 0.15) is 0 Å². The number of hydrogen-bond acceptors (Lipinski definition) is 4. The SMILES string of the molecule is COCCOCCCCNC1CCc2cc(N)ccc21. The number of methoxy groups -OCH3 is 1. The van der Waals surface area contributed by atoms with Crippen LogP contribution in [0.1, 0.15) is 36.4 Å². The van der Waals surface area contributed by atoms with Gasteiger partial charge in [-0.3, -0.25) is 0 Å². The molecule has 0 heterocycles. The van der Waals surface area contributed by atoms with Crippen LogP contribution in [-0.2, 0) is 15.9 Å². The average molecular weight is 278 g/mol. The van der Waals surface area contributed by atoms with Gasteiger partial charge in [-0.15, -0.1) is 0 Å². The van der Waals surface area contributed by atoms with Crippen LogP contribution in [0, 0.1) is 0 Å². The summed E-state index contributed by atoms with van der Waals surface area (Å²) >= 11 is 0. The molecule has 2 rings (SSSR count). The third-order valence-electron chi connectivity index (χ3n) is 3.78. The molecule has 0 saturated carbocycles. The number of rotatable bonds is 9. The van der Waals surface area contributed by atoms with Gasteiger partial charge in [-0.25, -0.2) is 0 Å². The molecule has 1 aromatic carbocycles. The summed E-state index contributed by atoms with van der Waals surface area (Å²) in [5, 5.41) is 3.64. The molecule has 20 heavy (non-hydrogen) atoms. The zero-order valence-electron chi connectivity index (χ0n) is 12.4. The van der Waals surface area contributed by atoms with Gasteiger partial charge in [0, 0.05) is 25.4 Å². The largest absolute Gasteiger partial charge is 0.399 e. The van der Waals surface area contributed by atoms with Crippen molar-refractivity contribution in [2.45, 2.75) is 31.7 Å². The Balaban J connectivity index is 1.60. The monoisotopic (exact) mass is 278 g/mol. The first kappa shape index (κ1) is 15.3. The highest BCUT2D eigenvalue weighted by molar-refractivity contribution is 5.47. The fourth-order valence-electron chi connectivity index (χ4n) is 2.70. The molecule has 1 aliphatic rings. The summed E-state index contributed by atoms with van der Waals surface area (Å²) in [4.78, 5) is 0. The third-order valence-corrected chi connectivity index (χ3v) is 3.78. The highest BCUT2D eigenvalue weighted by atomic mass is 16.5. The number of benzene rings is 1. The molecule has 0 saturated heterocycles. The molecule has 0 bridgehead atoms. The highest BCUT2D eigenvalue weighted by Gasteiger charge is 2.21. The predicted molar refractivity (Wildman–Crippen MR) is 81.8 cm³/mol. The second-order valence-electron chi connectivity index (χ2n) is 5.32. The van der Waals surface area contributed by atoms with Crippen molar-refractivity contribution in [1.82, 2.24) is 5.32 Å². The molecule has 0 radical (unpaired) electrons. The van der Waals surface area contributed by atoms with E-state index in [1.54, 1.807) is 7.11 Å². The van der Waals surface area contributed by atoms with Crippen molar-refractivity contribution >= 4 is 5.69 Å². The van der Waals surface area contributed by atoms with Crippen LogP contribution in [0.2, 0.25) is 0 Å². The molecule has 0 aromatic heterocycles. The van der Waals surface area contributed by atoms with E-state index in [0.29, 0.717) is 19.3 Å². The lowest BCUT2D eigenvalue weighted by molar-refractivity contribution is 0.0687. The minimum absolute atomic E-state index is 0.500. The zero-order chi connectivity index (χ0) is 14.2. The van der Waals surface area contributed by atoms with E-state index in [9.17, 15) is 0 Å². The van der Waals surface area contributed by atoms with Crippen molar-refractivity contribution in [3.63, 3.8) is 0 Å². The molecular weight excluding hydrogens is 252 g/mol. The van der Waals surface area contributed by atoms with Crippen molar-refractivity contribution in [2.24, 2.45) is 0 Å². The molecule has 3 N–H and O–H groups in total. The maximum absolute atomic E-state index is 5.82. The standard InChI is InChI=1S/C16H26N2O2/c1-19-10-11-20-9-3-2-8-18-16-7-4-13-12-14(17)5-6-15(13)16/h5-6,12,16,18H,2-4,7-11,17H2,1H3. The normalized spacial score (nSPS) is 17.4. The van der Waals surface area contributed by atoms with Gasteiger partial charge in [0.15, 0.2) is 0 Å². The molecule has 4 heteroatoms. The van der Waals surface area contributed by atoms with Gasteiger partial charge >= 0.3 is 0 Å². The third kappa shape index (κ3) is 4.47. The number of fused-ring (bicyclic) bond motifs is 1. The first-order chi connectivity index (χ1) is 9.81. The Hall–Kier alpha value is -1.10. The van der Waals surface area contributed by atoms with Gasteiger partial charge in [-0.2, -0.15) is 0 Å². The lowest BCUT2D eigenvalue weighted by Gasteiger charge is -2.14. The van der Waals surface area contributed by atoms with E-state index in [1.807, 2.05) is 6.07 Å². The summed E-state index contributed by atoms with van der Waals surface area (Å²) in [5.74, 6) is 0. The quantitative estimate of drug-likeness (QED) is 0.537. The zero-order valence-corrected chi connectivity index (χ0v) is 12.4. The molecular formula is C16H26N2O2. The van der Waals surface area contributed by atoms with Gasteiger partial charge in [-0.1, -0.05) is 6.07 Å². The summed E-state index contributed by atoms with van der Waals surface area (Å²) in [5.41, 5.74) is 9.53. The first-order valence-corrected chi connectivity index (χ1v) is 7.49. The molecule has 0 spiro atoms. The van der Waals surface area contributed by atoms with Crippen LogP contribution in [0.15, 0.2) is 18.2 Å².